The van der Waals surface area contributed by atoms with Crippen molar-refractivity contribution in [2.45, 2.75) is 31.8 Å². The predicted octanol–water partition coefficient (Wildman–Crippen LogP) is 2.90. The molecule has 0 unspecified atom stereocenters. The standard InChI is InChI=1S/C12H13ClO3/c13-10-6-8(7-12(14)15)4-5-11(10)16-9-2-1-3-9/h4-6,9H,1-3,7H2,(H,14,15). The average molecular weight is 241 g/mol. The Morgan fingerprint density at radius 1 is 1.50 bits per heavy atom. The highest BCUT2D eigenvalue weighted by molar-refractivity contribution is 6.32. The molecule has 1 N–H and O–H groups in total. The second kappa shape index (κ2) is 4.74. The minimum absolute atomic E-state index is 0.0105. The van der Waals surface area contributed by atoms with Gasteiger partial charge in [-0.15, -0.1) is 0 Å². The van der Waals surface area contributed by atoms with Crippen molar-refractivity contribution >= 4 is 17.6 Å². The summed E-state index contributed by atoms with van der Waals surface area (Å²) in [5.74, 6) is -0.204. The molecule has 1 aromatic rings. The Morgan fingerprint density at radius 3 is 2.75 bits per heavy atom. The van der Waals surface area contributed by atoms with E-state index in [4.69, 9.17) is 21.4 Å². The summed E-state index contributed by atoms with van der Waals surface area (Å²) in [5, 5.41) is 9.14. The molecule has 0 bridgehead atoms. The summed E-state index contributed by atoms with van der Waals surface area (Å²) in [6.45, 7) is 0. The molecule has 1 aromatic carbocycles. The molecule has 16 heavy (non-hydrogen) atoms. The fraction of sp³-hybridized carbons (Fsp3) is 0.417. The van der Waals surface area contributed by atoms with Crippen LogP contribution in [0.4, 0.5) is 0 Å². The van der Waals surface area contributed by atoms with Crippen LogP contribution in [0.1, 0.15) is 24.8 Å². The van der Waals surface area contributed by atoms with Gasteiger partial charge in [0, 0.05) is 0 Å². The van der Waals surface area contributed by atoms with Crippen LogP contribution in [0.2, 0.25) is 5.02 Å². The smallest absolute Gasteiger partial charge is 0.307 e. The number of aliphatic carboxylic acids is 1. The first-order valence-electron chi connectivity index (χ1n) is 5.32. The lowest BCUT2D eigenvalue weighted by molar-refractivity contribution is -0.136. The minimum Gasteiger partial charge on any atom is -0.489 e. The Hall–Kier alpha value is -1.22. The van der Waals surface area contributed by atoms with E-state index in [1.165, 1.54) is 6.42 Å². The lowest BCUT2D eigenvalue weighted by Gasteiger charge is -2.26. The Labute approximate surface area is 99.0 Å². The van der Waals surface area contributed by atoms with Crippen molar-refractivity contribution < 1.29 is 14.6 Å². The fourth-order valence-electron chi connectivity index (χ4n) is 1.59. The van der Waals surface area contributed by atoms with Crippen molar-refractivity contribution in [3.63, 3.8) is 0 Å². The van der Waals surface area contributed by atoms with Crippen LogP contribution in [-0.2, 0) is 11.2 Å². The molecule has 86 valence electrons. The van der Waals surface area contributed by atoms with Crippen molar-refractivity contribution in [1.29, 1.82) is 0 Å². The molecular weight excluding hydrogens is 228 g/mol. The van der Waals surface area contributed by atoms with Gasteiger partial charge in [0.1, 0.15) is 5.75 Å². The summed E-state index contributed by atoms with van der Waals surface area (Å²) < 4.78 is 5.66. The Morgan fingerprint density at radius 2 is 2.25 bits per heavy atom. The third-order valence-electron chi connectivity index (χ3n) is 2.70. The van der Waals surface area contributed by atoms with E-state index in [9.17, 15) is 4.79 Å². The van der Waals surface area contributed by atoms with Gasteiger partial charge in [-0.05, 0) is 37.0 Å². The summed E-state index contributed by atoms with van der Waals surface area (Å²) in [6.07, 6.45) is 3.63. The number of benzene rings is 1. The fourth-order valence-corrected chi connectivity index (χ4v) is 1.84. The zero-order valence-electron chi connectivity index (χ0n) is 8.78. The van der Waals surface area contributed by atoms with Crippen LogP contribution in [0.3, 0.4) is 0 Å². The quantitative estimate of drug-likeness (QED) is 0.880. The molecule has 1 fully saturated rings. The zero-order valence-corrected chi connectivity index (χ0v) is 9.54. The highest BCUT2D eigenvalue weighted by Crippen LogP contribution is 2.31. The van der Waals surface area contributed by atoms with Gasteiger partial charge in [-0.2, -0.15) is 0 Å². The van der Waals surface area contributed by atoms with Crippen LogP contribution >= 0.6 is 11.6 Å². The molecule has 0 radical (unpaired) electrons. The van der Waals surface area contributed by atoms with Gasteiger partial charge < -0.3 is 9.84 Å². The van der Waals surface area contributed by atoms with Gasteiger partial charge in [-0.25, -0.2) is 0 Å². The maximum atomic E-state index is 10.5. The second-order valence-electron chi connectivity index (χ2n) is 4.01. The van der Waals surface area contributed by atoms with Crippen molar-refractivity contribution in [2.75, 3.05) is 0 Å². The highest BCUT2D eigenvalue weighted by Gasteiger charge is 2.20. The molecule has 3 nitrogen and oxygen atoms in total. The molecular formula is C12H13ClO3. The Kier molecular flexibility index (Phi) is 3.34. The zero-order chi connectivity index (χ0) is 11.5. The SMILES string of the molecule is O=C(O)Cc1ccc(OC2CCC2)c(Cl)c1. The lowest BCUT2D eigenvalue weighted by Crippen LogP contribution is -2.24. The van der Waals surface area contributed by atoms with E-state index in [2.05, 4.69) is 0 Å². The van der Waals surface area contributed by atoms with E-state index in [-0.39, 0.29) is 12.5 Å². The molecule has 0 saturated heterocycles. The summed E-state index contributed by atoms with van der Waals surface area (Å²) in [5.41, 5.74) is 0.693. The monoisotopic (exact) mass is 240 g/mol. The molecule has 0 amide bonds. The number of carbonyl (C=O) groups is 1. The number of hydrogen-bond donors (Lipinski definition) is 1. The summed E-state index contributed by atoms with van der Waals surface area (Å²) >= 11 is 6.02. The second-order valence-corrected chi connectivity index (χ2v) is 4.41. The maximum Gasteiger partial charge on any atom is 0.307 e. The first kappa shape index (κ1) is 11.3. The first-order valence-corrected chi connectivity index (χ1v) is 5.70. The minimum atomic E-state index is -0.858. The number of ether oxygens (including phenoxy) is 1. The van der Waals surface area contributed by atoms with Crippen LogP contribution in [0.5, 0.6) is 5.75 Å². The van der Waals surface area contributed by atoms with Gasteiger partial charge in [-0.1, -0.05) is 17.7 Å². The molecule has 0 atom stereocenters. The highest BCUT2D eigenvalue weighted by atomic mass is 35.5. The van der Waals surface area contributed by atoms with E-state index in [1.807, 2.05) is 0 Å². The first-order chi connectivity index (χ1) is 7.65. The largest absolute Gasteiger partial charge is 0.489 e. The maximum absolute atomic E-state index is 10.5. The predicted molar refractivity (Wildman–Crippen MR) is 61.1 cm³/mol. The van der Waals surface area contributed by atoms with Gasteiger partial charge in [0.15, 0.2) is 0 Å². The third kappa shape index (κ3) is 2.67. The lowest BCUT2D eigenvalue weighted by atomic mass is 9.96. The van der Waals surface area contributed by atoms with Gasteiger partial charge in [0.05, 0.1) is 17.5 Å². The summed E-state index contributed by atoms with van der Waals surface area (Å²) in [7, 11) is 0. The van der Waals surface area contributed by atoms with Crippen LogP contribution in [0.25, 0.3) is 0 Å². The Balaban J connectivity index is 2.06. The number of rotatable bonds is 4. The van der Waals surface area contributed by atoms with Gasteiger partial charge in [0.2, 0.25) is 0 Å². The number of carboxylic acid groups (broad SMARTS) is 1. The molecule has 0 aliphatic heterocycles. The summed E-state index contributed by atoms with van der Waals surface area (Å²) in [6, 6.07) is 5.15. The molecule has 0 heterocycles. The van der Waals surface area contributed by atoms with E-state index in [0.717, 1.165) is 12.8 Å². The molecule has 2 rings (SSSR count). The third-order valence-corrected chi connectivity index (χ3v) is 2.99. The van der Waals surface area contributed by atoms with E-state index in [1.54, 1.807) is 18.2 Å². The topological polar surface area (TPSA) is 46.5 Å². The van der Waals surface area contributed by atoms with Gasteiger partial charge >= 0.3 is 5.97 Å². The number of halogens is 1. The van der Waals surface area contributed by atoms with Gasteiger partial charge in [0.25, 0.3) is 0 Å². The van der Waals surface area contributed by atoms with E-state index >= 15 is 0 Å². The molecule has 0 spiro atoms. The van der Waals surface area contributed by atoms with Crippen molar-refractivity contribution in [3.05, 3.63) is 28.8 Å². The average Bonchev–Trinajstić information content (AvgIpc) is 2.12. The molecule has 0 aromatic heterocycles. The van der Waals surface area contributed by atoms with Crippen molar-refractivity contribution in [1.82, 2.24) is 0 Å². The molecule has 1 aliphatic rings. The van der Waals surface area contributed by atoms with Crippen molar-refractivity contribution in [2.24, 2.45) is 0 Å². The molecule has 4 heteroatoms. The van der Waals surface area contributed by atoms with E-state index in [0.29, 0.717) is 16.3 Å². The normalized spacial score (nSPS) is 15.6. The van der Waals surface area contributed by atoms with E-state index < -0.39 is 5.97 Å². The number of hydrogen-bond acceptors (Lipinski definition) is 2. The van der Waals surface area contributed by atoms with Gasteiger partial charge in [-0.3, -0.25) is 4.79 Å². The van der Waals surface area contributed by atoms with Crippen LogP contribution < -0.4 is 4.74 Å². The van der Waals surface area contributed by atoms with Crippen molar-refractivity contribution in [3.8, 4) is 5.75 Å². The van der Waals surface area contributed by atoms with Crippen LogP contribution in [0, 0.1) is 0 Å². The summed E-state index contributed by atoms with van der Waals surface area (Å²) in [4.78, 5) is 10.5. The van der Waals surface area contributed by atoms with Crippen LogP contribution in [0.15, 0.2) is 18.2 Å². The Bertz CT molecular complexity index is 399. The molecule has 1 saturated carbocycles. The number of carboxylic acids is 1. The van der Waals surface area contributed by atoms with Crippen LogP contribution in [-0.4, -0.2) is 17.2 Å². The molecule has 1 aliphatic carbocycles.